The summed E-state index contributed by atoms with van der Waals surface area (Å²) in [5.41, 5.74) is 0.739. The van der Waals surface area contributed by atoms with Crippen molar-refractivity contribution in [3.63, 3.8) is 0 Å². The van der Waals surface area contributed by atoms with Crippen LogP contribution >= 0.6 is 0 Å². The first-order chi connectivity index (χ1) is 9.01. The molecule has 1 N–H and O–H groups in total. The van der Waals surface area contributed by atoms with Gasteiger partial charge in [-0.2, -0.15) is 0 Å². The molecule has 0 bridgehead atoms. The highest BCUT2D eigenvalue weighted by molar-refractivity contribution is 7.92. The van der Waals surface area contributed by atoms with Gasteiger partial charge in [-0.15, -0.1) is 0 Å². The number of hydrogen-bond donors (Lipinski definition) is 1. The Morgan fingerprint density at radius 1 is 1.05 bits per heavy atom. The molecule has 0 aliphatic rings. The van der Waals surface area contributed by atoms with Crippen molar-refractivity contribution in [3.8, 4) is 0 Å². The molecule has 6 heteroatoms. The molecule has 19 heavy (non-hydrogen) atoms. The fourth-order valence-corrected chi connectivity index (χ4v) is 2.57. The van der Waals surface area contributed by atoms with E-state index in [0.29, 0.717) is 17.5 Å². The average Bonchev–Trinajstić information content (AvgIpc) is 2.39. The lowest BCUT2D eigenvalue weighted by molar-refractivity contribution is 0.112. The summed E-state index contributed by atoms with van der Waals surface area (Å²) in [6.07, 6.45) is 0.658. The Hall–Kier alpha value is -2.21. The quantitative estimate of drug-likeness (QED) is 0.874. The van der Waals surface area contributed by atoms with Crippen LogP contribution in [0.3, 0.4) is 0 Å². The van der Waals surface area contributed by atoms with Crippen LogP contribution < -0.4 is 4.72 Å². The number of rotatable bonds is 4. The lowest BCUT2D eigenvalue weighted by atomic mass is 10.2. The van der Waals surface area contributed by atoms with Crippen LogP contribution in [0.1, 0.15) is 10.4 Å². The molecule has 2 aromatic rings. The molecule has 98 valence electrons. The molecule has 0 spiro atoms. The van der Waals surface area contributed by atoms with Crippen LogP contribution in [0.2, 0.25) is 0 Å². The number of carbonyl (C=O) groups excluding carboxylic acids is 1. The third kappa shape index (κ3) is 3.17. The van der Waals surface area contributed by atoms with Crippen molar-refractivity contribution < 1.29 is 17.6 Å². The van der Waals surface area contributed by atoms with Gasteiger partial charge in [-0.1, -0.05) is 6.07 Å². The largest absolute Gasteiger partial charge is 0.298 e. The lowest BCUT2D eigenvalue weighted by Crippen LogP contribution is -2.13. The Morgan fingerprint density at radius 2 is 1.74 bits per heavy atom. The highest BCUT2D eigenvalue weighted by atomic mass is 32.2. The highest BCUT2D eigenvalue weighted by Crippen LogP contribution is 2.16. The summed E-state index contributed by atoms with van der Waals surface area (Å²) in [6, 6.07) is 10.6. The van der Waals surface area contributed by atoms with Gasteiger partial charge in [0.2, 0.25) is 0 Å². The summed E-state index contributed by atoms with van der Waals surface area (Å²) in [6.45, 7) is 0. The van der Waals surface area contributed by atoms with Crippen molar-refractivity contribution in [3.05, 3.63) is 59.9 Å². The highest BCUT2D eigenvalue weighted by Gasteiger charge is 2.14. The van der Waals surface area contributed by atoms with E-state index in [1.165, 1.54) is 36.4 Å². The van der Waals surface area contributed by atoms with Crippen LogP contribution in [-0.2, 0) is 10.0 Å². The predicted molar refractivity (Wildman–Crippen MR) is 69.0 cm³/mol. The van der Waals surface area contributed by atoms with Crippen molar-refractivity contribution in [2.45, 2.75) is 4.90 Å². The monoisotopic (exact) mass is 279 g/mol. The second-order valence-electron chi connectivity index (χ2n) is 3.80. The van der Waals surface area contributed by atoms with Gasteiger partial charge in [0.15, 0.2) is 0 Å². The molecule has 0 radical (unpaired) electrons. The molecule has 0 aliphatic carbocycles. The fourth-order valence-electron chi connectivity index (χ4n) is 1.48. The second kappa shape index (κ2) is 5.19. The molecular formula is C13H10FNO3S. The van der Waals surface area contributed by atoms with Crippen LogP contribution in [0.25, 0.3) is 0 Å². The molecule has 2 rings (SSSR count). The first-order valence-corrected chi connectivity index (χ1v) is 6.83. The second-order valence-corrected chi connectivity index (χ2v) is 5.49. The molecule has 0 saturated carbocycles. The molecule has 0 fully saturated rings. The molecule has 0 atom stereocenters. The topological polar surface area (TPSA) is 63.2 Å². The van der Waals surface area contributed by atoms with Crippen molar-refractivity contribution in [2.75, 3.05) is 4.72 Å². The van der Waals surface area contributed by atoms with Crippen LogP contribution in [0.4, 0.5) is 10.1 Å². The molecule has 0 heterocycles. The zero-order chi connectivity index (χ0) is 13.9. The van der Waals surface area contributed by atoms with Gasteiger partial charge in [-0.05, 0) is 42.5 Å². The van der Waals surface area contributed by atoms with E-state index < -0.39 is 15.8 Å². The minimum atomic E-state index is -3.83. The predicted octanol–water partition coefficient (Wildman–Crippen LogP) is 2.44. The number of halogens is 1. The zero-order valence-corrected chi connectivity index (χ0v) is 10.5. The number of nitrogens with one attached hydrogen (secondary N) is 1. The van der Waals surface area contributed by atoms with Gasteiger partial charge < -0.3 is 0 Å². The van der Waals surface area contributed by atoms with E-state index in [4.69, 9.17) is 0 Å². The molecule has 0 amide bonds. The molecule has 0 saturated heterocycles. The van der Waals surface area contributed by atoms with E-state index in [2.05, 4.69) is 4.72 Å². The van der Waals surface area contributed by atoms with Gasteiger partial charge >= 0.3 is 0 Å². The summed E-state index contributed by atoms with van der Waals surface area (Å²) in [5.74, 6) is -0.626. The van der Waals surface area contributed by atoms with Crippen molar-refractivity contribution in [1.82, 2.24) is 0 Å². The summed E-state index contributed by atoms with van der Waals surface area (Å²) in [4.78, 5) is 10.3. The normalized spacial score (nSPS) is 11.0. The molecule has 4 nitrogen and oxygen atoms in total. The van der Waals surface area contributed by atoms with Crippen LogP contribution in [0, 0.1) is 5.82 Å². The van der Waals surface area contributed by atoms with Crippen LogP contribution in [0.15, 0.2) is 53.4 Å². The smallest absolute Gasteiger partial charge is 0.261 e. The van der Waals surface area contributed by atoms with E-state index >= 15 is 0 Å². The number of aldehydes is 1. The van der Waals surface area contributed by atoms with E-state index in [9.17, 15) is 17.6 Å². The van der Waals surface area contributed by atoms with Crippen LogP contribution in [0.5, 0.6) is 0 Å². The number of benzene rings is 2. The Balaban J connectivity index is 2.28. The number of hydrogen-bond acceptors (Lipinski definition) is 3. The fraction of sp³-hybridized carbons (Fsp3) is 0. The number of sulfonamides is 1. The van der Waals surface area contributed by atoms with Gasteiger partial charge in [0.05, 0.1) is 4.90 Å². The number of anilines is 1. The van der Waals surface area contributed by atoms with Gasteiger partial charge in [0, 0.05) is 11.3 Å². The van der Waals surface area contributed by atoms with Gasteiger partial charge in [0.25, 0.3) is 10.0 Å². The maximum atomic E-state index is 13.0. The Labute approximate surface area is 109 Å². The third-order valence-electron chi connectivity index (χ3n) is 2.41. The number of carbonyl (C=O) groups is 1. The molecule has 0 unspecified atom stereocenters. The maximum absolute atomic E-state index is 13.0. The summed E-state index contributed by atoms with van der Waals surface area (Å²) in [5, 5.41) is 0. The SMILES string of the molecule is O=Cc1ccc(NS(=O)(=O)c2cccc(F)c2)cc1. The molecule has 2 aromatic carbocycles. The van der Waals surface area contributed by atoms with Crippen molar-refractivity contribution >= 4 is 22.0 Å². The standard InChI is InChI=1S/C13H10FNO3S/c14-11-2-1-3-13(8-11)19(17,18)15-12-6-4-10(9-16)5-7-12/h1-9,15H. The van der Waals surface area contributed by atoms with E-state index in [-0.39, 0.29) is 4.90 Å². The third-order valence-corrected chi connectivity index (χ3v) is 3.78. The van der Waals surface area contributed by atoms with E-state index in [1.807, 2.05) is 0 Å². The van der Waals surface area contributed by atoms with Gasteiger partial charge in [0.1, 0.15) is 12.1 Å². The minimum Gasteiger partial charge on any atom is -0.298 e. The first-order valence-electron chi connectivity index (χ1n) is 5.35. The summed E-state index contributed by atoms with van der Waals surface area (Å²) in [7, 11) is -3.83. The van der Waals surface area contributed by atoms with Gasteiger partial charge in [-0.3, -0.25) is 9.52 Å². The molecule has 0 aromatic heterocycles. The first kappa shape index (κ1) is 13.2. The Morgan fingerprint density at radius 3 is 2.32 bits per heavy atom. The van der Waals surface area contributed by atoms with E-state index in [1.54, 1.807) is 0 Å². The van der Waals surface area contributed by atoms with Crippen molar-refractivity contribution in [2.24, 2.45) is 0 Å². The van der Waals surface area contributed by atoms with E-state index in [0.717, 1.165) is 12.1 Å². The van der Waals surface area contributed by atoms with Crippen molar-refractivity contribution in [1.29, 1.82) is 0 Å². The molecule has 0 aliphatic heterocycles. The Kier molecular flexibility index (Phi) is 3.62. The Bertz CT molecular complexity index is 696. The lowest BCUT2D eigenvalue weighted by Gasteiger charge is -2.08. The summed E-state index contributed by atoms with van der Waals surface area (Å²) >= 11 is 0. The zero-order valence-electron chi connectivity index (χ0n) is 9.71. The average molecular weight is 279 g/mol. The minimum absolute atomic E-state index is 0.160. The molecular weight excluding hydrogens is 269 g/mol. The maximum Gasteiger partial charge on any atom is 0.261 e. The van der Waals surface area contributed by atoms with Gasteiger partial charge in [-0.25, -0.2) is 12.8 Å². The summed E-state index contributed by atoms with van der Waals surface area (Å²) < 4.78 is 39.2. The van der Waals surface area contributed by atoms with Crippen LogP contribution in [-0.4, -0.2) is 14.7 Å².